The number of aliphatic hydroxyl groups excluding tert-OH is 1. The molecule has 1 atom stereocenters. The summed E-state index contributed by atoms with van der Waals surface area (Å²) in [5.41, 5.74) is -0.488. The Labute approximate surface area is 92.0 Å². The van der Waals surface area contributed by atoms with Crippen molar-refractivity contribution in [2.75, 3.05) is 6.54 Å². The molecule has 0 fully saturated rings. The third kappa shape index (κ3) is 9.53. The number of alkyl carbamates (subject to hydrolysis) is 1. The molecule has 4 heteroatoms. The lowest BCUT2D eigenvalue weighted by Gasteiger charge is -2.20. The molecule has 1 unspecified atom stereocenters. The molecule has 90 valence electrons. The van der Waals surface area contributed by atoms with Gasteiger partial charge in [0.15, 0.2) is 0 Å². The number of carbonyl (C=O) groups excluding carboxylic acids is 1. The van der Waals surface area contributed by atoms with E-state index < -0.39 is 17.8 Å². The highest BCUT2D eigenvalue weighted by molar-refractivity contribution is 5.67. The molecule has 0 heterocycles. The molecule has 0 bridgehead atoms. The first-order valence-electron chi connectivity index (χ1n) is 5.50. The Kier molecular flexibility index (Phi) is 6.32. The summed E-state index contributed by atoms with van der Waals surface area (Å²) in [6.07, 6.45) is 1.78. The number of carbonyl (C=O) groups is 1. The van der Waals surface area contributed by atoms with Gasteiger partial charge < -0.3 is 15.2 Å². The molecule has 0 saturated heterocycles. The number of amides is 1. The second-order valence-corrected chi connectivity index (χ2v) is 4.68. The molecule has 0 aromatic heterocycles. The smallest absolute Gasteiger partial charge is 0.407 e. The SMILES string of the molecule is CCCCC(O)CNC(=O)OC(C)(C)C. The van der Waals surface area contributed by atoms with Crippen LogP contribution in [0.15, 0.2) is 0 Å². The molecule has 2 N–H and O–H groups in total. The molecule has 0 aromatic carbocycles. The van der Waals surface area contributed by atoms with E-state index in [2.05, 4.69) is 12.2 Å². The maximum absolute atomic E-state index is 11.2. The van der Waals surface area contributed by atoms with Crippen molar-refractivity contribution in [1.29, 1.82) is 0 Å². The molecule has 0 rings (SSSR count). The van der Waals surface area contributed by atoms with Crippen molar-refractivity contribution in [2.24, 2.45) is 0 Å². The van der Waals surface area contributed by atoms with E-state index in [4.69, 9.17) is 4.74 Å². The molecule has 1 amide bonds. The number of hydrogen-bond donors (Lipinski definition) is 2. The molecule has 15 heavy (non-hydrogen) atoms. The minimum absolute atomic E-state index is 0.259. The molecule has 0 spiro atoms. The normalized spacial score (nSPS) is 13.4. The van der Waals surface area contributed by atoms with Gasteiger partial charge in [-0.05, 0) is 27.2 Å². The number of ether oxygens (including phenoxy) is 1. The van der Waals surface area contributed by atoms with E-state index in [0.717, 1.165) is 12.8 Å². The Morgan fingerprint density at radius 2 is 2.07 bits per heavy atom. The molecule has 0 aliphatic carbocycles. The number of rotatable bonds is 5. The summed E-state index contributed by atoms with van der Waals surface area (Å²) in [7, 11) is 0. The molecule has 0 aliphatic heterocycles. The summed E-state index contributed by atoms with van der Waals surface area (Å²) >= 11 is 0. The number of nitrogens with one attached hydrogen (secondary N) is 1. The number of unbranched alkanes of at least 4 members (excludes halogenated alkanes) is 1. The van der Waals surface area contributed by atoms with Crippen molar-refractivity contribution in [2.45, 2.75) is 58.7 Å². The minimum atomic E-state index is -0.488. The van der Waals surface area contributed by atoms with Gasteiger partial charge in [-0.25, -0.2) is 4.79 Å². The Bertz CT molecular complexity index is 187. The maximum atomic E-state index is 11.2. The fourth-order valence-electron chi connectivity index (χ4n) is 1.06. The summed E-state index contributed by atoms with van der Waals surface area (Å²) in [6, 6.07) is 0. The van der Waals surface area contributed by atoms with Crippen molar-refractivity contribution in [3.05, 3.63) is 0 Å². The monoisotopic (exact) mass is 217 g/mol. The molecular formula is C11H23NO3. The third-order valence-corrected chi connectivity index (χ3v) is 1.77. The van der Waals surface area contributed by atoms with E-state index in [1.807, 2.05) is 0 Å². The second-order valence-electron chi connectivity index (χ2n) is 4.68. The van der Waals surface area contributed by atoms with Gasteiger partial charge in [0.2, 0.25) is 0 Å². The van der Waals surface area contributed by atoms with Crippen molar-refractivity contribution in [3.8, 4) is 0 Å². The average Bonchev–Trinajstić information content (AvgIpc) is 2.08. The quantitative estimate of drug-likeness (QED) is 0.741. The first kappa shape index (κ1) is 14.2. The summed E-state index contributed by atoms with van der Waals surface area (Å²) < 4.78 is 5.03. The lowest BCUT2D eigenvalue weighted by Crippen LogP contribution is -2.36. The van der Waals surface area contributed by atoms with Crippen LogP contribution in [0.3, 0.4) is 0 Å². The van der Waals surface area contributed by atoms with Crippen molar-refractivity contribution >= 4 is 6.09 Å². The fourth-order valence-corrected chi connectivity index (χ4v) is 1.06. The largest absolute Gasteiger partial charge is 0.444 e. The number of aliphatic hydroxyl groups is 1. The molecule has 0 radical (unpaired) electrons. The van der Waals surface area contributed by atoms with Gasteiger partial charge in [0.1, 0.15) is 5.60 Å². The van der Waals surface area contributed by atoms with Gasteiger partial charge in [0.25, 0.3) is 0 Å². The topological polar surface area (TPSA) is 58.6 Å². The zero-order valence-electron chi connectivity index (χ0n) is 10.2. The molecule has 0 aliphatic rings. The van der Waals surface area contributed by atoms with Gasteiger partial charge >= 0.3 is 6.09 Å². The van der Waals surface area contributed by atoms with Crippen LogP contribution >= 0.6 is 0 Å². The number of hydrogen-bond acceptors (Lipinski definition) is 3. The summed E-state index contributed by atoms with van der Waals surface area (Å²) in [4.78, 5) is 11.2. The lowest BCUT2D eigenvalue weighted by molar-refractivity contribution is 0.0487. The Morgan fingerprint density at radius 3 is 2.53 bits per heavy atom. The predicted octanol–water partition coefficient (Wildman–Crippen LogP) is 2.06. The van der Waals surface area contributed by atoms with Crippen LogP contribution in [0.5, 0.6) is 0 Å². The highest BCUT2D eigenvalue weighted by Crippen LogP contribution is 2.06. The van der Waals surface area contributed by atoms with Crippen LogP contribution in [-0.2, 0) is 4.74 Å². The lowest BCUT2D eigenvalue weighted by atomic mass is 10.1. The van der Waals surface area contributed by atoms with Gasteiger partial charge in [0.05, 0.1) is 6.10 Å². The summed E-state index contributed by atoms with van der Waals surface area (Å²) in [5.74, 6) is 0. The van der Waals surface area contributed by atoms with Crippen molar-refractivity contribution in [3.63, 3.8) is 0 Å². The Balaban J connectivity index is 3.62. The highest BCUT2D eigenvalue weighted by Gasteiger charge is 2.16. The van der Waals surface area contributed by atoms with Crippen molar-refractivity contribution in [1.82, 2.24) is 5.32 Å². The van der Waals surface area contributed by atoms with Gasteiger partial charge in [0, 0.05) is 6.54 Å². The van der Waals surface area contributed by atoms with Crippen LogP contribution in [0, 0.1) is 0 Å². The van der Waals surface area contributed by atoms with E-state index in [9.17, 15) is 9.90 Å². The van der Waals surface area contributed by atoms with Crippen LogP contribution in [0.25, 0.3) is 0 Å². The van der Waals surface area contributed by atoms with Gasteiger partial charge in [-0.2, -0.15) is 0 Å². The average molecular weight is 217 g/mol. The van der Waals surface area contributed by atoms with Gasteiger partial charge in [-0.15, -0.1) is 0 Å². The van der Waals surface area contributed by atoms with E-state index >= 15 is 0 Å². The highest BCUT2D eigenvalue weighted by atomic mass is 16.6. The third-order valence-electron chi connectivity index (χ3n) is 1.77. The molecule has 0 aromatic rings. The molecule has 4 nitrogen and oxygen atoms in total. The summed E-state index contributed by atoms with van der Waals surface area (Å²) in [5, 5.41) is 12.0. The standard InChI is InChI=1S/C11H23NO3/c1-5-6-7-9(13)8-12-10(14)15-11(2,3)4/h9,13H,5-8H2,1-4H3,(H,12,14). The van der Waals surface area contributed by atoms with E-state index in [1.165, 1.54) is 0 Å². The van der Waals surface area contributed by atoms with E-state index in [0.29, 0.717) is 6.42 Å². The van der Waals surface area contributed by atoms with E-state index in [-0.39, 0.29) is 6.54 Å². The molecular weight excluding hydrogens is 194 g/mol. The van der Waals surface area contributed by atoms with Crippen LogP contribution in [0.4, 0.5) is 4.79 Å². The fraction of sp³-hybridized carbons (Fsp3) is 0.909. The second kappa shape index (κ2) is 6.67. The Morgan fingerprint density at radius 1 is 1.47 bits per heavy atom. The Hall–Kier alpha value is -0.770. The zero-order valence-corrected chi connectivity index (χ0v) is 10.2. The summed E-state index contributed by atoms with van der Waals surface area (Å²) in [6.45, 7) is 7.74. The first-order valence-corrected chi connectivity index (χ1v) is 5.50. The maximum Gasteiger partial charge on any atom is 0.407 e. The van der Waals surface area contributed by atoms with Crippen LogP contribution in [0.1, 0.15) is 47.0 Å². The van der Waals surface area contributed by atoms with Crippen molar-refractivity contribution < 1.29 is 14.6 Å². The van der Waals surface area contributed by atoms with E-state index in [1.54, 1.807) is 20.8 Å². The predicted molar refractivity (Wildman–Crippen MR) is 59.8 cm³/mol. The van der Waals surface area contributed by atoms with Gasteiger partial charge in [-0.3, -0.25) is 0 Å². The van der Waals surface area contributed by atoms with Gasteiger partial charge in [-0.1, -0.05) is 19.8 Å². The zero-order chi connectivity index (χ0) is 11.9. The van der Waals surface area contributed by atoms with Crippen LogP contribution in [0.2, 0.25) is 0 Å². The minimum Gasteiger partial charge on any atom is -0.444 e. The van der Waals surface area contributed by atoms with Crippen LogP contribution < -0.4 is 5.32 Å². The van der Waals surface area contributed by atoms with Crippen LogP contribution in [-0.4, -0.2) is 29.4 Å². The first-order chi connectivity index (χ1) is 6.85. The molecule has 0 saturated carbocycles.